The number of ether oxygens (including phenoxy) is 1. The molecule has 1 aliphatic carbocycles. The highest BCUT2D eigenvalue weighted by Gasteiger charge is 2.23. The smallest absolute Gasteiger partial charge is 0.404 e. The summed E-state index contributed by atoms with van der Waals surface area (Å²) in [6, 6.07) is 0. The van der Waals surface area contributed by atoms with E-state index in [1.165, 1.54) is 0 Å². The zero-order valence-electron chi connectivity index (χ0n) is 7.03. The fourth-order valence-corrected chi connectivity index (χ4v) is 1.68. The van der Waals surface area contributed by atoms with E-state index in [0.717, 1.165) is 25.7 Å². The summed E-state index contributed by atoms with van der Waals surface area (Å²) in [7, 11) is 0. The number of carbonyl (C=O) groups excluding carboxylic acids is 1. The van der Waals surface area contributed by atoms with Crippen LogP contribution in [0.1, 0.15) is 25.7 Å². The van der Waals surface area contributed by atoms with Crippen LogP contribution in [-0.2, 0) is 4.74 Å². The molecule has 0 bridgehead atoms. The molecule has 70 valence electrons. The lowest BCUT2D eigenvalue weighted by Gasteiger charge is -2.26. The fraction of sp³-hybridized carbons (Fsp3) is 0.875. The molecule has 4 heteroatoms. The first-order chi connectivity index (χ1) is 5.72. The third-order valence-electron chi connectivity index (χ3n) is 2.28. The maximum atomic E-state index is 10.4. The Morgan fingerprint density at radius 1 is 1.58 bits per heavy atom. The van der Waals surface area contributed by atoms with Crippen molar-refractivity contribution in [1.82, 2.24) is 0 Å². The zero-order valence-corrected chi connectivity index (χ0v) is 7.03. The average molecular weight is 173 g/mol. The van der Waals surface area contributed by atoms with Crippen molar-refractivity contribution >= 4 is 6.09 Å². The van der Waals surface area contributed by atoms with Crippen LogP contribution in [0.2, 0.25) is 0 Å². The Morgan fingerprint density at radius 3 is 2.92 bits per heavy atom. The summed E-state index contributed by atoms with van der Waals surface area (Å²) in [5.41, 5.74) is 4.89. The first-order valence-electron chi connectivity index (χ1n) is 4.29. The van der Waals surface area contributed by atoms with E-state index >= 15 is 0 Å². The van der Waals surface area contributed by atoms with Gasteiger partial charge in [-0.1, -0.05) is 0 Å². The third-order valence-corrected chi connectivity index (χ3v) is 2.28. The SMILES string of the molecule is NC(=O)O[C@@H]1CCC[C@H](CO)C1. The van der Waals surface area contributed by atoms with Crippen LogP contribution in [0.3, 0.4) is 0 Å². The van der Waals surface area contributed by atoms with Crippen LogP contribution in [0.15, 0.2) is 0 Å². The second-order valence-corrected chi connectivity index (χ2v) is 3.27. The van der Waals surface area contributed by atoms with Gasteiger partial charge in [-0.3, -0.25) is 0 Å². The standard InChI is InChI=1S/C8H15NO3/c9-8(11)12-7-3-1-2-6(4-7)5-10/h6-7,10H,1-5H2,(H2,9,11)/t6-,7+/m0/s1. The van der Waals surface area contributed by atoms with Gasteiger partial charge in [0.2, 0.25) is 0 Å². The van der Waals surface area contributed by atoms with Crippen LogP contribution in [0.25, 0.3) is 0 Å². The lowest BCUT2D eigenvalue weighted by atomic mass is 9.88. The number of carbonyl (C=O) groups is 1. The lowest BCUT2D eigenvalue weighted by Crippen LogP contribution is -2.29. The first kappa shape index (κ1) is 9.32. The minimum absolute atomic E-state index is 0.0756. The number of hydrogen-bond acceptors (Lipinski definition) is 3. The third kappa shape index (κ3) is 2.70. The van der Waals surface area contributed by atoms with Crippen molar-refractivity contribution in [2.75, 3.05) is 6.61 Å². The quantitative estimate of drug-likeness (QED) is 0.643. The molecule has 2 atom stereocenters. The molecule has 1 amide bonds. The van der Waals surface area contributed by atoms with E-state index in [0.29, 0.717) is 0 Å². The maximum Gasteiger partial charge on any atom is 0.404 e. The highest BCUT2D eigenvalue weighted by Crippen LogP contribution is 2.25. The van der Waals surface area contributed by atoms with Crippen LogP contribution in [0.4, 0.5) is 4.79 Å². The summed E-state index contributed by atoms with van der Waals surface area (Å²) in [4.78, 5) is 10.4. The van der Waals surface area contributed by atoms with Crippen molar-refractivity contribution in [3.8, 4) is 0 Å². The van der Waals surface area contributed by atoms with Gasteiger partial charge in [-0.05, 0) is 31.6 Å². The number of aliphatic hydroxyl groups excluding tert-OH is 1. The highest BCUT2D eigenvalue weighted by atomic mass is 16.6. The van der Waals surface area contributed by atoms with E-state index < -0.39 is 6.09 Å². The van der Waals surface area contributed by atoms with E-state index in [1.54, 1.807) is 0 Å². The molecule has 0 aromatic rings. The van der Waals surface area contributed by atoms with Gasteiger partial charge in [-0.15, -0.1) is 0 Å². The normalized spacial score (nSPS) is 29.8. The molecule has 1 rings (SSSR count). The molecule has 1 aliphatic rings. The number of amides is 1. The van der Waals surface area contributed by atoms with Crippen molar-refractivity contribution in [2.45, 2.75) is 31.8 Å². The molecule has 12 heavy (non-hydrogen) atoms. The molecule has 3 N–H and O–H groups in total. The minimum atomic E-state index is -0.710. The number of hydrogen-bond donors (Lipinski definition) is 2. The van der Waals surface area contributed by atoms with E-state index in [4.69, 9.17) is 15.6 Å². The molecule has 1 saturated carbocycles. The number of nitrogens with two attached hydrogens (primary N) is 1. The Balaban J connectivity index is 2.30. The molecule has 0 heterocycles. The molecule has 0 aliphatic heterocycles. The van der Waals surface area contributed by atoms with Gasteiger partial charge in [0.25, 0.3) is 0 Å². The molecular formula is C8H15NO3. The van der Waals surface area contributed by atoms with Crippen molar-refractivity contribution < 1.29 is 14.6 Å². The lowest BCUT2D eigenvalue weighted by molar-refractivity contribution is 0.0517. The van der Waals surface area contributed by atoms with Crippen molar-refractivity contribution in [1.29, 1.82) is 0 Å². The molecule has 4 nitrogen and oxygen atoms in total. The number of rotatable bonds is 2. The second kappa shape index (κ2) is 4.30. The second-order valence-electron chi connectivity index (χ2n) is 3.27. The summed E-state index contributed by atoms with van der Waals surface area (Å²) >= 11 is 0. The number of aliphatic hydroxyl groups is 1. The Kier molecular flexibility index (Phi) is 3.34. The summed E-state index contributed by atoms with van der Waals surface area (Å²) in [5, 5.41) is 8.87. The van der Waals surface area contributed by atoms with Crippen LogP contribution in [0.5, 0.6) is 0 Å². The number of primary amides is 1. The van der Waals surface area contributed by atoms with Gasteiger partial charge in [0.1, 0.15) is 6.10 Å². The highest BCUT2D eigenvalue weighted by molar-refractivity contribution is 5.64. The van der Waals surface area contributed by atoms with Crippen LogP contribution >= 0.6 is 0 Å². The van der Waals surface area contributed by atoms with Crippen molar-refractivity contribution in [3.05, 3.63) is 0 Å². The van der Waals surface area contributed by atoms with Gasteiger partial charge < -0.3 is 15.6 Å². The van der Waals surface area contributed by atoms with E-state index in [9.17, 15) is 4.79 Å². The average Bonchev–Trinajstić information content (AvgIpc) is 2.03. The molecule has 0 aromatic carbocycles. The largest absolute Gasteiger partial charge is 0.446 e. The first-order valence-corrected chi connectivity index (χ1v) is 4.29. The van der Waals surface area contributed by atoms with Gasteiger partial charge >= 0.3 is 6.09 Å². The topological polar surface area (TPSA) is 72.6 Å². The Hall–Kier alpha value is -0.770. The summed E-state index contributed by atoms with van der Waals surface area (Å²) in [5.74, 6) is 0.281. The molecule has 0 unspecified atom stereocenters. The predicted octanol–water partition coefficient (Wildman–Crippen LogP) is 0.633. The molecule has 0 spiro atoms. The van der Waals surface area contributed by atoms with Gasteiger partial charge in [0, 0.05) is 6.61 Å². The molecule has 0 aromatic heterocycles. The maximum absolute atomic E-state index is 10.4. The van der Waals surface area contributed by atoms with Gasteiger partial charge in [-0.2, -0.15) is 0 Å². The molecule has 0 saturated heterocycles. The van der Waals surface area contributed by atoms with E-state index in [1.807, 2.05) is 0 Å². The minimum Gasteiger partial charge on any atom is -0.446 e. The van der Waals surface area contributed by atoms with Gasteiger partial charge in [0.05, 0.1) is 0 Å². The van der Waals surface area contributed by atoms with E-state index in [2.05, 4.69) is 0 Å². The molecular weight excluding hydrogens is 158 g/mol. The van der Waals surface area contributed by atoms with Gasteiger partial charge in [0.15, 0.2) is 0 Å². The zero-order chi connectivity index (χ0) is 8.97. The molecule has 0 radical (unpaired) electrons. The van der Waals surface area contributed by atoms with Crippen molar-refractivity contribution in [3.63, 3.8) is 0 Å². The van der Waals surface area contributed by atoms with E-state index in [-0.39, 0.29) is 18.6 Å². The van der Waals surface area contributed by atoms with Crippen molar-refractivity contribution in [2.24, 2.45) is 11.7 Å². The molecule has 1 fully saturated rings. The summed E-state index contributed by atoms with van der Waals surface area (Å²) in [6.45, 7) is 0.179. The monoisotopic (exact) mass is 173 g/mol. The van der Waals surface area contributed by atoms with Gasteiger partial charge in [-0.25, -0.2) is 4.79 Å². The summed E-state index contributed by atoms with van der Waals surface area (Å²) in [6.07, 6.45) is 2.86. The van der Waals surface area contributed by atoms with Crippen LogP contribution < -0.4 is 5.73 Å². The Bertz CT molecular complexity index is 160. The predicted molar refractivity (Wildman–Crippen MR) is 43.5 cm³/mol. The Morgan fingerprint density at radius 2 is 2.33 bits per heavy atom. The van der Waals surface area contributed by atoms with Crippen LogP contribution in [-0.4, -0.2) is 23.9 Å². The summed E-state index contributed by atoms with van der Waals surface area (Å²) < 4.78 is 4.85. The fourth-order valence-electron chi connectivity index (χ4n) is 1.68. The Labute approximate surface area is 71.7 Å². The van der Waals surface area contributed by atoms with Crippen LogP contribution in [0, 0.1) is 5.92 Å².